The molecule has 0 heterocycles. The zero-order valence-corrected chi connectivity index (χ0v) is 18.9. The second-order valence-corrected chi connectivity index (χ2v) is 10.2. The number of carbonyl (C=O) groups excluding carboxylic acids is 2. The molecule has 0 saturated heterocycles. The first kappa shape index (κ1) is 23.2. The van der Waals surface area contributed by atoms with Crippen molar-refractivity contribution < 1.29 is 19.1 Å². The number of esters is 2. The van der Waals surface area contributed by atoms with Crippen LogP contribution in [0, 0.1) is 35.5 Å². The minimum atomic E-state index is -0.251. The first-order chi connectivity index (χ1) is 13.2. The molecule has 0 unspecified atom stereocenters. The van der Waals surface area contributed by atoms with E-state index in [4.69, 9.17) is 9.47 Å². The summed E-state index contributed by atoms with van der Waals surface area (Å²) in [6.45, 7) is 13.3. The van der Waals surface area contributed by atoms with Crippen molar-refractivity contribution in [2.75, 3.05) is 0 Å². The Labute approximate surface area is 172 Å². The topological polar surface area (TPSA) is 52.6 Å². The van der Waals surface area contributed by atoms with Crippen LogP contribution in [0.2, 0.25) is 0 Å². The molecule has 2 fully saturated rings. The van der Waals surface area contributed by atoms with Crippen LogP contribution in [-0.2, 0) is 19.1 Å². The molecule has 2 saturated carbocycles. The third-order valence-electron chi connectivity index (χ3n) is 7.02. The highest BCUT2D eigenvalue weighted by Gasteiger charge is 2.35. The van der Waals surface area contributed by atoms with Crippen molar-refractivity contribution in [3.05, 3.63) is 0 Å². The van der Waals surface area contributed by atoms with Gasteiger partial charge in [0, 0.05) is 0 Å². The Morgan fingerprint density at radius 1 is 0.714 bits per heavy atom. The summed E-state index contributed by atoms with van der Waals surface area (Å²) in [6, 6.07) is 0. The van der Waals surface area contributed by atoms with Gasteiger partial charge >= 0.3 is 11.9 Å². The number of ether oxygens (including phenoxy) is 2. The molecule has 0 amide bonds. The van der Waals surface area contributed by atoms with Crippen LogP contribution in [0.1, 0.15) is 92.9 Å². The summed E-state index contributed by atoms with van der Waals surface area (Å²) in [5.74, 6) is 2.58. The van der Waals surface area contributed by atoms with Crippen molar-refractivity contribution in [2.45, 2.75) is 105 Å². The van der Waals surface area contributed by atoms with E-state index < -0.39 is 0 Å². The fraction of sp³-hybridized carbons (Fsp3) is 0.917. The van der Waals surface area contributed by atoms with E-state index in [1.54, 1.807) is 0 Å². The molecule has 0 bridgehead atoms. The van der Waals surface area contributed by atoms with Gasteiger partial charge in [0.15, 0.2) is 0 Å². The van der Waals surface area contributed by atoms with Crippen LogP contribution in [0.5, 0.6) is 0 Å². The van der Waals surface area contributed by atoms with Gasteiger partial charge < -0.3 is 9.47 Å². The van der Waals surface area contributed by atoms with Crippen molar-refractivity contribution in [1.82, 2.24) is 0 Å². The van der Waals surface area contributed by atoms with Gasteiger partial charge in [-0.15, -0.1) is 0 Å². The molecule has 0 aromatic carbocycles. The highest BCUT2D eigenvalue weighted by atomic mass is 16.6. The number of carbonyl (C=O) groups is 2. The number of hydrogen-bond donors (Lipinski definition) is 0. The molecule has 0 radical (unpaired) electrons. The second-order valence-electron chi connectivity index (χ2n) is 10.2. The van der Waals surface area contributed by atoms with E-state index in [0.717, 1.165) is 25.7 Å². The lowest BCUT2D eigenvalue weighted by Crippen LogP contribution is -2.36. The summed E-state index contributed by atoms with van der Waals surface area (Å²) in [7, 11) is 0. The summed E-state index contributed by atoms with van der Waals surface area (Å²) in [6.07, 6.45) is 6.79. The van der Waals surface area contributed by atoms with E-state index in [-0.39, 0.29) is 37.0 Å². The molecule has 0 spiro atoms. The molecular weight excluding hydrogens is 352 g/mol. The van der Waals surface area contributed by atoms with Crippen molar-refractivity contribution >= 4 is 11.9 Å². The van der Waals surface area contributed by atoms with E-state index in [2.05, 4.69) is 41.5 Å². The largest absolute Gasteiger partial charge is 0.462 e. The van der Waals surface area contributed by atoms with Crippen LogP contribution in [0.15, 0.2) is 0 Å². The van der Waals surface area contributed by atoms with Crippen LogP contribution in [0.3, 0.4) is 0 Å². The lowest BCUT2D eigenvalue weighted by molar-refractivity contribution is -0.163. The summed E-state index contributed by atoms with van der Waals surface area (Å²) < 4.78 is 11.6. The van der Waals surface area contributed by atoms with Crippen LogP contribution in [-0.4, -0.2) is 24.1 Å². The summed E-state index contributed by atoms with van der Waals surface area (Å²) in [5, 5.41) is 0. The average Bonchev–Trinajstić information content (AvgIpc) is 2.59. The highest BCUT2D eigenvalue weighted by Crippen LogP contribution is 2.36. The molecule has 0 N–H and O–H groups in total. The maximum atomic E-state index is 12.4. The maximum absolute atomic E-state index is 12.4. The molecule has 28 heavy (non-hydrogen) atoms. The van der Waals surface area contributed by atoms with Crippen molar-refractivity contribution in [2.24, 2.45) is 35.5 Å². The Hall–Kier alpha value is -1.06. The summed E-state index contributed by atoms with van der Waals surface area (Å²) in [5.41, 5.74) is 0. The van der Waals surface area contributed by atoms with Crippen LogP contribution in [0.4, 0.5) is 0 Å². The van der Waals surface area contributed by atoms with E-state index in [0.29, 0.717) is 35.5 Å². The standard InChI is InChI=1S/C24H42O4/c1-15(2)19-9-7-17(5)13-21(19)27-23(25)11-12-24(26)28-22-14-18(6)8-10-20(22)16(3)4/h15-22H,7-14H2,1-6H3/t17-,18-,19+,20+,21+,22+/m1/s1. The number of hydrogen-bond acceptors (Lipinski definition) is 4. The van der Waals surface area contributed by atoms with E-state index >= 15 is 0 Å². The molecule has 0 aromatic heterocycles. The van der Waals surface area contributed by atoms with Gasteiger partial charge in [0.1, 0.15) is 12.2 Å². The van der Waals surface area contributed by atoms with Crippen molar-refractivity contribution in [1.29, 1.82) is 0 Å². The van der Waals surface area contributed by atoms with E-state index in [9.17, 15) is 9.59 Å². The van der Waals surface area contributed by atoms with Crippen LogP contribution < -0.4 is 0 Å². The lowest BCUT2D eigenvalue weighted by atomic mass is 9.75. The molecule has 0 aliphatic heterocycles. The number of rotatable bonds is 7. The quantitative estimate of drug-likeness (QED) is 0.514. The highest BCUT2D eigenvalue weighted by molar-refractivity contribution is 5.77. The van der Waals surface area contributed by atoms with Gasteiger partial charge in [-0.2, -0.15) is 0 Å². The molecular formula is C24H42O4. The normalized spacial score (nSPS) is 33.7. The molecule has 2 rings (SSSR count). The van der Waals surface area contributed by atoms with Gasteiger partial charge in [-0.05, 0) is 61.2 Å². The predicted molar refractivity (Wildman–Crippen MR) is 112 cm³/mol. The molecule has 4 nitrogen and oxygen atoms in total. The van der Waals surface area contributed by atoms with Gasteiger partial charge in [-0.1, -0.05) is 54.4 Å². The first-order valence-electron chi connectivity index (χ1n) is 11.6. The molecule has 162 valence electrons. The van der Waals surface area contributed by atoms with Gasteiger partial charge in [0.25, 0.3) is 0 Å². The van der Waals surface area contributed by atoms with Crippen molar-refractivity contribution in [3.63, 3.8) is 0 Å². The fourth-order valence-corrected chi connectivity index (χ4v) is 5.16. The zero-order valence-electron chi connectivity index (χ0n) is 18.9. The predicted octanol–water partition coefficient (Wildman–Crippen LogP) is 5.77. The van der Waals surface area contributed by atoms with Gasteiger partial charge in [-0.3, -0.25) is 9.59 Å². The Balaban J connectivity index is 1.80. The molecule has 6 atom stereocenters. The third-order valence-corrected chi connectivity index (χ3v) is 7.02. The van der Waals surface area contributed by atoms with Gasteiger partial charge in [0.05, 0.1) is 12.8 Å². The molecule has 2 aliphatic rings. The molecule has 0 aromatic rings. The van der Waals surface area contributed by atoms with E-state index in [1.165, 1.54) is 12.8 Å². The van der Waals surface area contributed by atoms with Gasteiger partial charge in [-0.25, -0.2) is 0 Å². The zero-order chi connectivity index (χ0) is 20.8. The minimum Gasteiger partial charge on any atom is -0.462 e. The minimum absolute atomic E-state index is 0.00298. The first-order valence-corrected chi connectivity index (χ1v) is 11.6. The van der Waals surface area contributed by atoms with E-state index in [1.807, 2.05) is 0 Å². The Bertz CT molecular complexity index is 467. The second kappa shape index (κ2) is 10.6. The summed E-state index contributed by atoms with van der Waals surface area (Å²) >= 11 is 0. The Morgan fingerprint density at radius 2 is 1.07 bits per heavy atom. The summed E-state index contributed by atoms with van der Waals surface area (Å²) in [4.78, 5) is 24.8. The maximum Gasteiger partial charge on any atom is 0.306 e. The molecule has 4 heteroatoms. The van der Waals surface area contributed by atoms with Crippen LogP contribution >= 0.6 is 0 Å². The smallest absolute Gasteiger partial charge is 0.306 e. The Kier molecular flexibility index (Phi) is 8.82. The average molecular weight is 395 g/mol. The third kappa shape index (κ3) is 6.77. The monoisotopic (exact) mass is 394 g/mol. The molecule has 2 aliphatic carbocycles. The SMILES string of the molecule is CC(C)[C@@H]1CC[C@@H](C)C[C@@H]1OC(=O)CCC(=O)O[C@H]1C[C@H](C)CC[C@H]1C(C)C. The lowest BCUT2D eigenvalue weighted by Gasteiger charge is -2.37. The van der Waals surface area contributed by atoms with Crippen molar-refractivity contribution in [3.8, 4) is 0 Å². The Morgan fingerprint density at radius 3 is 1.39 bits per heavy atom. The fourth-order valence-electron chi connectivity index (χ4n) is 5.16. The van der Waals surface area contributed by atoms with Crippen LogP contribution in [0.25, 0.3) is 0 Å². The van der Waals surface area contributed by atoms with Gasteiger partial charge in [0.2, 0.25) is 0 Å².